The molecule has 0 amide bonds. The van der Waals surface area contributed by atoms with Gasteiger partial charge in [-0.25, -0.2) is 9.97 Å². The Labute approximate surface area is 101 Å². The molecule has 1 N–H and O–H groups in total. The van der Waals surface area contributed by atoms with E-state index in [9.17, 15) is 0 Å². The van der Waals surface area contributed by atoms with Gasteiger partial charge in [0, 0.05) is 22.4 Å². The van der Waals surface area contributed by atoms with E-state index in [0.29, 0.717) is 0 Å². The molecule has 0 saturated heterocycles. The second-order valence-corrected chi connectivity index (χ2v) is 4.31. The van der Waals surface area contributed by atoms with E-state index in [4.69, 9.17) is 0 Å². The summed E-state index contributed by atoms with van der Waals surface area (Å²) in [7, 11) is 0. The zero-order valence-corrected chi connectivity index (χ0v) is 9.90. The summed E-state index contributed by atoms with van der Waals surface area (Å²) in [4.78, 5) is 11.9. The average Bonchev–Trinajstić information content (AvgIpc) is 2.72. The van der Waals surface area contributed by atoms with Crippen LogP contribution in [0.5, 0.6) is 0 Å². The molecule has 2 heterocycles. The van der Waals surface area contributed by atoms with Crippen LogP contribution in [-0.4, -0.2) is 15.0 Å². The highest BCUT2D eigenvalue weighted by atomic mass is 79.9. The van der Waals surface area contributed by atoms with E-state index in [-0.39, 0.29) is 0 Å². The molecule has 0 spiro atoms. The molecule has 0 fully saturated rings. The van der Waals surface area contributed by atoms with Crippen LogP contribution in [0.25, 0.3) is 22.4 Å². The second kappa shape index (κ2) is 3.72. The lowest BCUT2D eigenvalue weighted by Gasteiger charge is -1.99. The van der Waals surface area contributed by atoms with Crippen molar-refractivity contribution in [2.24, 2.45) is 0 Å². The summed E-state index contributed by atoms with van der Waals surface area (Å²) in [6.45, 7) is 0. The van der Waals surface area contributed by atoms with Gasteiger partial charge in [0.1, 0.15) is 5.65 Å². The molecule has 0 atom stereocenters. The van der Waals surface area contributed by atoms with E-state index >= 15 is 0 Å². The third kappa shape index (κ3) is 1.51. The molecule has 3 rings (SSSR count). The number of benzene rings is 1. The van der Waals surface area contributed by atoms with Crippen LogP contribution in [0.4, 0.5) is 0 Å². The fourth-order valence-electron chi connectivity index (χ4n) is 1.60. The van der Waals surface area contributed by atoms with Gasteiger partial charge < -0.3 is 4.98 Å². The predicted molar refractivity (Wildman–Crippen MR) is 67.0 cm³/mol. The highest BCUT2D eigenvalue weighted by molar-refractivity contribution is 9.10. The molecule has 0 radical (unpaired) electrons. The maximum absolute atomic E-state index is 4.47. The van der Waals surface area contributed by atoms with Gasteiger partial charge in [0.15, 0.2) is 5.82 Å². The van der Waals surface area contributed by atoms with Crippen molar-refractivity contribution in [3.63, 3.8) is 0 Å². The summed E-state index contributed by atoms with van der Waals surface area (Å²) in [6, 6.07) is 9.94. The van der Waals surface area contributed by atoms with Crippen molar-refractivity contribution in [2.45, 2.75) is 0 Å². The van der Waals surface area contributed by atoms with Gasteiger partial charge in [-0.15, -0.1) is 0 Å². The maximum Gasteiger partial charge on any atom is 0.161 e. The first-order valence-electron chi connectivity index (χ1n) is 4.89. The first-order valence-corrected chi connectivity index (χ1v) is 5.69. The van der Waals surface area contributed by atoms with E-state index in [0.717, 1.165) is 26.9 Å². The molecule has 0 aliphatic carbocycles. The molecule has 3 aromatic rings. The number of halogens is 1. The van der Waals surface area contributed by atoms with Crippen molar-refractivity contribution < 1.29 is 0 Å². The SMILES string of the molecule is Brc1c[nH]c2nc(-c3ccccc3)ncc12. The third-order valence-corrected chi connectivity index (χ3v) is 3.07. The standard InChI is InChI=1S/C12H8BrN3/c13-10-7-15-12-9(10)6-14-11(16-12)8-4-2-1-3-5-8/h1-7H,(H,14,15,16). The molecule has 78 valence electrons. The summed E-state index contributed by atoms with van der Waals surface area (Å²) in [6.07, 6.45) is 3.69. The number of nitrogens with one attached hydrogen (secondary N) is 1. The number of hydrogen-bond donors (Lipinski definition) is 1. The van der Waals surface area contributed by atoms with E-state index in [1.165, 1.54) is 0 Å². The molecule has 0 aliphatic rings. The van der Waals surface area contributed by atoms with Crippen LogP contribution in [0.15, 0.2) is 47.2 Å². The normalized spacial score (nSPS) is 10.8. The number of H-pyrrole nitrogens is 1. The summed E-state index contributed by atoms with van der Waals surface area (Å²) in [5.74, 6) is 0.738. The van der Waals surface area contributed by atoms with Crippen LogP contribution >= 0.6 is 15.9 Å². The Hall–Kier alpha value is -1.68. The molecular formula is C12H8BrN3. The van der Waals surface area contributed by atoms with E-state index in [2.05, 4.69) is 30.9 Å². The van der Waals surface area contributed by atoms with Crippen LogP contribution in [0.2, 0.25) is 0 Å². The lowest BCUT2D eigenvalue weighted by Crippen LogP contribution is -1.88. The van der Waals surface area contributed by atoms with Gasteiger partial charge in [-0.1, -0.05) is 30.3 Å². The maximum atomic E-state index is 4.47. The van der Waals surface area contributed by atoms with Gasteiger partial charge in [-0.05, 0) is 15.9 Å². The highest BCUT2D eigenvalue weighted by Crippen LogP contribution is 2.23. The first-order chi connectivity index (χ1) is 7.84. The van der Waals surface area contributed by atoms with Gasteiger partial charge in [-0.2, -0.15) is 0 Å². The molecule has 1 aromatic carbocycles. The van der Waals surface area contributed by atoms with E-state index in [1.54, 1.807) is 0 Å². The number of hydrogen-bond acceptors (Lipinski definition) is 2. The number of fused-ring (bicyclic) bond motifs is 1. The Morgan fingerprint density at radius 3 is 2.75 bits per heavy atom. The van der Waals surface area contributed by atoms with Crippen molar-refractivity contribution in [3.8, 4) is 11.4 Å². The number of rotatable bonds is 1. The summed E-state index contributed by atoms with van der Waals surface area (Å²) in [5.41, 5.74) is 1.87. The van der Waals surface area contributed by atoms with Crippen molar-refractivity contribution in [2.75, 3.05) is 0 Å². The lowest BCUT2D eigenvalue weighted by molar-refractivity contribution is 1.21. The zero-order chi connectivity index (χ0) is 11.0. The van der Waals surface area contributed by atoms with Gasteiger partial charge in [-0.3, -0.25) is 0 Å². The van der Waals surface area contributed by atoms with Crippen molar-refractivity contribution in [1.82, 2.24) is 15.0 Å². The minimum Gasteiger partial charge on any atom is -0.345 e. The van der Waals surface area contributed by atoms with E-state index < -0.39 is 0 Å². The number of nitrogens with zero attached hydrogens (tertiary/aromatic N) is 2. The van der Waals surface area contributed by atoms with Crippen LogP contribution in [0, 0.1) is 0 Å². The van der Waals surface area contributed by atoms with Gasteiger partial charge >= 0.3 is 0 Å². The molecule has 3 nitrogen and oxygen atoms in total. The molecule has 4 heteroatoms. The number of aromatic amines is 1. The third-order valence-electron chi connectivity index (χ3n) is 2.41. The minimum absolute atomic E-state index is 0.738. The topological polar surface area (TPSA) is 41.6 Å². The highest BCUT2D eigenvalue weighted by Gasteiger charge is 2.05. The largest absolute Gasteiger partial charge is 0.345 e. The molecule has 2 aromatic heterocycles. The minimum atomic E-state index is 0.738. The lowest BCUT2D eigenvalue weighted by atomic mass is 10.2. The summed E-state index contributed by atoms with van der Waals surface area (Å²) >= 11 is 3.44. The van der Waals surface area contributed by atoms with Crippen LogP contribution in [0.1, 0.15) is 0 Å². The fourth-order valence-corrected chi connectivity index (χ4v) is 2.01. The van der Waals surface area contributed by atoms with Crippen LogP contribution < -0.4 is 0 Å². The average molecular weight is 274 g/mol. The fraction of sp³-hybridized carbons (Fsp3) is 0. The van der Waals surface area contributed by atoms with Gasteiger partial charge in [0.2, 0.25) is 0 Å². The monoisotopic (exact) mass is 273 g/mol. The van der Waals surface area contributed by atoms with Crippen LogP contribution in [0.3, 0.4) is 0 Å². The van der Waals surface area contributed by atoms with Crippen molar-refractivity contribution in [1.29, 1.82) is 0 Å². The Bertz CT molecular complexity index is 631. The Morgan fingerprint density at radius 2 is 1.94 bits per heavy atom. The van der Waals surface area contributed by atoms with Gasteiger partial charge in [0.05, 0.1) is 5.39 Å². The molecular weight excluding hydrogens is 266 g/mol. The smallest absolute Gasteiger partial charge is 0.161 e. The van der Waals surface area contributed by atoms with Gasteiger partial charge in [0.25, 0.3) is 0 Å². The molecule has 0 unspecified atom stereocenters. The quantitative estimate of drug-likeness (QED) is 0.739. The van der Waals surface area contributed by atoms with Crippen molar-refractivity contribution in [3.05, 3.63) is 47.2 Å². The second-order valence-electron chi connectivity index (χ2n) is 3.46. The molecule has 0 saturated carbocycles. The Kier molecular flexibility index (Phi) is 2.22. The molecule has 16 heavy (non-hydrogen) atoms. The summed E-state index contributed by atoms with van der Waals surface area (Å²) in [5, 5.41) is 1.000. The summed E-state index contributed by atoms with van der Waals surface area (Å²) < 4.78 is 0.988. The zero-order valence-electron chi connectivity index (χ0n) is 8.31. The molecule has 0 bridgehead atoms. The van der Waals surface area contributed by atoms with Crippen molar-refractivity contribution >= 4 is 27.0 Å². The van der Waals surface area contributed by atoms with Crippen LogP contribution in [-0.2, 0) is 0 Å². The Morgan fingerprint density at radius 1 is 1.12 bits per heavy atom. The van der Waals surface area contributed by atoms with E-state index in [1.807, 2.05) is 42.7 Å². The first kappa shape index (κ1) is 9.54. The molecule has 0 aliphatic heterocycles. The Balaban J connectivity index is 2.19. The number of aromatic nitrogens is 3. The predicted octanol–water partition coefficient (Wildman–Crippen LogP) is 3.39.